The lowest BCUT2D eigenvalue weighted by Gasteiger charge is -2.19. The molecule has 0 bridgehead atoms. The lowest BCUT2D eigenvalue weighted by molar-refractivity contribution is -0.129. The summed E-state index contributed by atoms with van der Waals surface area (Å²) in [5.41, 5.74) is 0. The maximum absolute atomic E-state index is 12.0. The highest BCUT2D eigenvalue weighted by atomic mass is 79.9. The predicted molar refractivity (Wildman–Crippen MR) is 81.3 cm³/mol. The van der Waals surface area contributed by atoms with E-state index in [1.165, 1.54) is 6.07 Å². The van der Waals surface area contributed by atoms with Crippen molar-refractivity contribution in [3.8, 4) is 0 Å². The van der Waals surface area contributed by atoms with Crippen LogP contribution in [0.5, 0.6) is 0 Å². The average molecular weight is 382 g/mol. The molecule has 1 aliphatic rings. The van der Waals surface area contributed by atoms with Gasteiger partial charge >= 0.3 is 0 Å². The molecule has 9 heteroatoms. The number of halogens is 1. The van der Waals surface area contributed by atoms with E-state index in [2.05, 4.69) is 26.0 Å². The van der Waals surface area contributed by atoms with Gasteiger partial charge in [0.05, 0.1) is 10.3 Å². The lowest BCUT2D eigenvalue weighted by Crippen LogP contribution is -2.41. The third-order valence-electron chi connectivity index (χ3n) is 2.92. The van der Waals surface area contributed by atoms with Gasteiger partial charge in [-0.2, -0.15) is 0 Å². The zero-order valence-corrected chi connectivity index (χ0v) is 14.0. The highest BCUT2D eigenvalue weighted by Gasteiger charge is 2.20. The fourth-order valence-corrected chi connectivity index (χ4v) is 4.91. The van der Waals surface area contributed by atoms with Gasteiger partial charge in [-0.15, -0.1) is 11.3 Å². The van der Waals surface area contributed by atoms with Gasteiger partial charge in [0.1, 0.15) is 4.21 Å². The number of rotatable bonds is 4. The molecule has 2 rings (SSSR count). The molecule has 1 saturated heterocycles. The van der Waals surface area contributed by atoms with Gasteiger partial charge in [0.2, 0.25) is 5.91 Å². The van der Waals surface area contributed by atoms with Crippen molar-refractivity contribution < 1.29 is 13.2 Å². The maximum Gasteiger partial charge on any atom is 0.250 e. The molecule has 2 heterocycles. The minimum atomic E-state index is -3.61. The highest BCUT2D eigenvalue weighted by Crippen LogP contribution is 2.25. The van der Waals surface area contributed by atoms with E-state index in [0.29, 0.717) is 13.1 Å². The third-order valence-corrected chi connectivity index (χ3v) is 6.44. The number of hydrogen-bond donors (Lipinski definition) is 2. The number of sulfonamides is 1. The van der Waals surface area contributed by atoms with Crippen LogP contribution in [0.1, 0.15) is 6.42 Å². The van der Waals surface area contributed by atoms with E-state index < -0.39 is 10.0 Å². The van der Waals surface area contributed by atoms with Crippen LogP contribution in [0.25, 0.3) is 0 Å². The minimum absolute atomic E-state index is 0.187. The molecule has 1 aromatic rings. The van der Waals surface area contributed by atoms with E-state index in [0.717, 1.165) is 34.6 Å². The standard InChI is InChI=1S/C11H16BrN3O3S2/c12-9-2-3-11(19-9)20(17,18)14-8-10(16)15-6-1-4-13-5-7-15/h2-3,13-14H,1,4-8H2. The van der Waals surface area contributed by atoms with Gasteiger partial charge in [-0.1, -0.05) is 0 Å². The molecular formula is C11H16BrN3O3S2. The first-order valence-corrected chi connectivity index (χ1v) is 9.32. The van der Waals surface area contributed by atoms with Crippen molar-refractivity contribution in [3.05, 3.63) is 15.9 Å². The van der Waals surface area contributed by atoms with Crippen LogP contribution in [0, 0.1) is 0 Å². The molecule has 0 aliphatic carbocycles. The zero-order valence-electron chi connectivity index (χ0n) is 10.8. The van der Waals surface area contributed by atoms with Crippen molar-refractivity contribution in [1.29, 1.82) is 0 Å². The van der Waals surface area contributed by atoms with E-state index >= 15 is 0 Å². The van der Waals surface area contributed by atoms with Crippen molar-refractivity contribution in [2.24, 2.45) is 0 Å². The van der Waals surface area contributed by atoms with Crippen LogP contribution in [0.15, 0.2) is 20.1 Å². The van der Waals surface area contributed by atoms with Crippen molar-refractivity contribution >= 4 is 43.2 Å². The van der Waals surface area contributed by atoms with Crippen molar-refractivity contribution in [2.75, 3.05) is 32.7 Å². The molecule has 112 valence electrons. The summed E-state index contributed by atoms with van der Waals surface area (Å²) < 4.78 is 27.3. The van der Waals surface area contributed by atoms with Crippen LogP contribution in [-0.2, 0) is 14.8 Å². The van der Waals surface area contributed by atoms with E-state index in [1.54, 1.807) is 11.0 Å². The fraction of sp³-hybridized carbons (Fsp3) is 0.545. The number of amides is 1. The van der Waals surface area contributed by atoms with Gasteiger partial charge < -0.3 is 10.2 Å². The molecule has 20 heavy (non-hydrogen) atoms. The fourth-order valence-electron chi connectivity index (χ4n) is 1.88. The molecule has 0 saturated carbocycles. The first kappa shape index (κ1) is 15.9. The first-order valence-electron chi connectivity index (χ1n) is 6.22. The molecule has 0 unspecified atom stereocenters. The molecule has 1 fully saturated rings. The molecule has 6 nitrogen and oxygen atoms in total. The SMILES string of the molecule is O=C(CNS(=O)(=O)c1ccc(Br)s1)N1CCCNCC1. The van der Waals surface area contributed by atoms with E-state index in [4.69, 9.17) is 0 Å². The van der Waals surface area contributed by atoms with Gasteiger partial charge in [0.25, 0.3) is 10.0 Å². The molecule has 0 spiro atoms. The van der Waals surface area contributed by atoms with Crippen molar-refractivity contribution in [2.45, 2.75) is 10.6 Å². The average Bonchev–Trinajstić information content (AvgIpc) is 2.69. The minimum Gasteiger partial charge on any atom is -0.340 e. The Balaban J connectivity index is 1.92. The summed E-state index contributed by atoms with van der Waals surface area (Å²) in [5.74, 6) is -0.187. The number of nitrogens with one attached hydrogen (secondary N) is 2. The first-order chi connectivity index (χ1) is 9.49. The Bertz CT molecular complexity index is 565. The summed E-state index contributed by atoms with van der Waals surface area (Å²) in [6.45, 7) is 2.72. The third kappa shape index (κ3) is 4.26. The quantitative estimate of drug-likeness (QED) is 0.800. The van der Waals surface area contributed by atoms with Gasteiger partial charge in [-0.3, -0.25) is 4.79 Å². The Morgan fingerprint density at radius 1 is 1.40 bits per heavy atom. The zero-order chi connectivity index (χ0) is 14.6. The van der Waals surface area contributed by atoms with Crippen LogP contribution in [-0.4, -0.2) is 51.9 Å². The predicted octanol–water partition coefficient (Wildman–Crippen LogP) is 0.611. The Hall–Kier alpha value is -0.480. The van der Waals surface area contributed by atoms with E-state index in [1.807, 2.05) is 0 Å². The summed E-state index contributed by atoms with van der Waals surface area (Å²) in [4.78, 5) is 13.7. The lowest BCUT2D eigenvalue weighted by atomic mass is 10.4. The number of nitrogens with zero attached hydrogens (tertiary/aromatic N) is 1. The molecular weight excluding hydrogens is 366 g/mol. The number of thiophene rings is 1. The second-order valence-electron chi connectivity index (χ2n) is 4.37. The molecule has 2 N–H and O–H groups in total. The Labute approximate surface area is 130 Å². The molecule has 1 amide bonds. The van der Waals surface area contributed by atoms with Crippen LogP contribution in [0.3, 0.4) is 0 Å². The number of hydrogen-bond acceptors (Lipinski definition) is 5. The number of carbonyl (C=O) groups excluding carboxylic acids is 1. The largest absolute Gasteiger partial charge is 0.340 e. The van der Waals surface area contributed by atoms with Gasteiger partial charge in [-0.05, 0) is 41.0 Å². The van der Waals surface area contributed by atoms with E-state index in [9.17, 15) is 13.2 Å². The van der Waals surface area contributed by atoms with Gasteiger partial charge in [0, 0.05) is 19.6 Å². The topological polar surface area (TPSA) is 78.5 Å². The summed E-state index contributed by atoms with van der Waals surface area (Å²) in [6, 6.07) is 3.18. The Kier molecular flexibility index (Phi) is 5.56. The Morgan fingerprint density at radius 3 is 2.90 bits per heavy atom. The maximum atomic E-state index is 12.0. The molecule has 1 aliphatic heterocycles. The highest BCUT2D eigenvalue weighted by molar-refractivity contribution is 9.11. The number of carbonyl (C=O) groups is 1. The summed E-state index contributed by atoms with van der Waals surface area (Å²) in [5, 5.41) is 3.20. The molecule has 0 radical (unpaired) electrons. The second-order valence-corrected chi connectivity index (χ2v) is 8.82. The summed E-state index contributed by atoms with van der Waals surface area (Å²) in [7, 11) is -3.61. The second kappa shape index (κ2) is 6.99. The summed E-state index contributed by atoms with van der Waals surface area (Å²) in [6.07, 6.45) is 0.885. The normalized spacial score (nSPS) is 16.9. The van der Waals surface area contributed by atoms with Crippen molar-refractivity contribution in [1.82, 2.24) is 14.9 Å². The van der Waals surface area contributed by atoms with Gasteiger partial charge in [0.15, 0.2) is 0 Å². The molecule has 1 aromatic heterocycles. The van der Waals surface area contributed by atoms with E-state index in [-0.39, 0.29) is 16.7 Å². The molecule has 0 atom stereocenters. The Morgan fingerprint density at radius 2 is 2.20 bits per heavy atom. The van der Waals surface area contributed by atoms with Gasteiger partial charge in [-0.25, -0.2) is 13.1 Å². The molecule has 0 aromatic carbocycles. The van der Waals surface area contributed by atoms with Crippen LogP contribution < -0.4 is 10.0 Å². The smallest absolute Gasteiger partial charge is 0.250 e. The summed E-state index contributed by atoms with van der Waals surface area (Å²) >= 11 is 4.34. The van der Waals surface area contributed by atoms with Crippen LogP contribution in [0.2, 0.25) is 0 Å². The monoisotopic (exact) mass is 381 g/mol. The van der Waals surface area contributed by atoms with Crippen LogP contribution in [0.4, 0.5) is 0 Å². The van der Waals surface area contributed by atoms with Crippen molar-refractivity contribution in [3.63, 3.8) is 0 Å². The van der Waals surface area contributed by atoms with Crippen LogP contribution >= 0.6 is 27.3 Å².